The lowest BCUT2D eigenvalue weighted by Crippen LogP contribution is -2.07. The van der Waals surface area contributed by atoms with Crippen molar-refractivity contribution in [1.82, 2.24) is 10.2 Å². The molecule has 0 bridgehead atoms. The molecular weight excluding hydrogens is 380 g/mol. The summed E-state index contributed by atoms with van der Waals surface area (Å²) in [6.45, 7) is 0. The Bertz CT molecular complexity index is 1040. The number of anilines is 1. The highest BCUT2D eigenvalue weighted by atomic mass is 16.6. The maximum absolute atomic E-state index is 12.0. The molecule has 3 aromatic rings. The van der Waals surface area contributed by atoms with Crippen LogP contribution in [0.25, 0.3) is 17.5 Å². The second-order valence-corrected chi connectivity index (χ2v) is 5.68. The monoisotopic (exact) mass is 396 g/mol. The number of carbonyl (C=O) groups excluding carboxylic acids is 1. The van der Waals surface area contributed by atoms with Crippen LogP contribution in [0.2, 0.25) is 0 Å². The van der Waals surface area contributed by atoms with E-state index in [1.54, 1.807) is 18.2 Å². The molecule has 148 valence electrons. The summed E-state index contributed by atoms with van der Waals surface area (Å²) in [5.74, 6) is 0.780. The smallest absolute Gasteiger partial charge is 0.322 e. The maximum Gasteiger partial charge on any atom is 0.322 e. The van der Waals surface area contributed by atoms with Crippen molar-refractivity contribution in [2.24, 2.45) is 0 Å². The van der Waals surface area contributed by atoms with Crippen LogP contribution in [-0.2, 0) is 4.79 Å². The summed E-state index contributed by atoms with van der Waals surface area (Å²) in [5, 5.41) is 20.8. The molecule has 29 heavy (non-hydrogen) atoms. The van der Waals surface area contributed by atoms with E-state index in [-0.39, 0.29) is 17.6 Å². The molecule has 1 amide bonds. The van der Waals surface area contributed by atoms with Gasteiger partial charge in [-0.25, -0.2) is 0 Å². The highest BCUT2D eigenvalue weighted by molar-refractivity contribution is 6.00. The number of nitrogens with zero attached hydrogens (tertiary/aromatic N) is 3. The minimum Gasteiger partial charge on any atom is -0.497 e. The van der Waals surface area contributed by atoms with Gasteiger partial charge in [-0.2, -0.15) is 0 Å². The second kappa shape index (κ2) is 8.65. The maximum atomic E-state index is 12.0. The van der Waals surface area contributed by atoms with Crippen LogP contribution in [0.4, 0.5) is 11.7 Å². The van der Waals surface area contributed by atoms with Crippen molar-refractivity contribution in [2.45, 2.75) is 0 Å². The molecule has 0 saturated heterocycles. The van der Waals surface area contributed by atoms with Crippen LogP contribution >= 0.6 is 0 Å². The summed E-state index contributed by atoms with van der Waals surface area (Å²) in [6.07, 6.45) is 2.75. The fourth-order valence-electron chi connectivity index (χ4n) is 2.35. The third-order valence-corrected chi connectivity index (χ3v) is 3.78. The minimum atomic E-state index is -0.498. The molecule has 10 nitrogen and oxygen atoms in total. The van der Waals surface area contributed by atoms with Gasteiger partial charge in [-0.3, -0.25) is 20.2 Å². The molecule has 1 aromatic heterocycles. The van der Waals surface area contributed by atoms with Crippen molar-refractivity contribution in [2.75, 3.05) is 19.5 Å². The number of ether oxygens (including phenoxy) is 2. The fraction of sp³-hybridized carbons (Fsp3) is 0.105. The summed E-state index contributed by atoms with van der Waals surface area (Å²) in [7, 11) is 3.05. The van der Waals surface area contributed by atoms with Crippen LogP contribution in [-0.4, -0.2) is 35.2 Å². The third-order valence-electron chi connectivity index (χ3n) is 3.78. The van der Waals surface area contributed by atoms with Crippen LogP contribution in [0.1, 0.15) is 5.56 Å². The molecule has 0 fully saturated rings. The molecule has 1 N–H and O–H groups in total. The number of nitrogens with one attached hydrogen (secondary N) is 1. The molecule has 0 aliphatic carbocycles. The van der Waals surface area contributed by atoms with Crippen LogP contribution < -0.4 is 14.8 Å². The zero-order chi connectivity index (χ0) is 20.8. The number of nitro benzene ring substituents is 1. The Morgan fingerprint density at radius 2 is 1.76 bits per heavy atom. The number of nitro groups is 1. The molecule has 0 radical (unpaired) electrons. The first-order valence-electron chi connectivity index (χ1n) is 8.29. The predicted molar refractivity (Wildman–Crippen MR) is 104 cm³/mol. The first-order valence-corrected chi connectivity index (χ1v) is 8.29. The Morgan fingerprint density at radius 1 is 1.10 bits per heavy atom. The van der Waals surface area contributed by atoms with Gasteiger partial charge < -0.3 is 13.9 Å². The fourth-order valence-corrected chi connectivity index (χ4v) is 2.35. The van der Waals surface area contributed by atoms with Crippen molar-refractivity contribution in [3.8, 4) is 23.0 Å². The Hall–Kier alpha value is -4.21. The van der Waals surface area contributed by atoms with E-state index in [9.17, 15) is 14.9 Å². The standard InChI is InChI=1S/C19H16N4O6/c1-27-15-9-13(10-16(11-15)28-2)18-21-22-19(29-18)20-17(24)8-5-12-3-6-14(7-4-12)23(25)26/h3-11H,1-2H3,(H,20,22,24)/b8-5-. The van der Waals surface area contributed by atoms with E-state index in [1.165, 1.54) is 50.6 Å². The molecule has 0 unspecified atom stereocenters. The minimum absolute atomic E-state index is 0.0286. The Kier molecular flexibility index (Phi) is 5.83. The van der Waals surface area contributed by atoms with Gasteiger partial charge >= 0.3 is 6.01 Å². The molecular formula is C19H16N4O6. The molecule has 10 heteroatoms. The van der Waals surface area contributed by atoms with Crippen LogP contribution in [0.15, 0.2) is 53.0 Å². The number of amides is 1. The van der Waals surface area contributed by atoms with Crippen LogP contribution in [0.5, 0.6) is 11.5 Å². The molecule has 2 aromatic carbocycles. The van der Waals surface area contributed by atoms with Crippen molar-refractivity contribution in [3.05, 3.63) is 64.2 Å². The van der Waals surface area contributed by atoms with Gasteiger partial charge in [0, 0.05) is 29.8 Å². The molecule has 0 aliphatic rings. The zero-order valence-corrected chi connectivity index (χ0v) is 15.5. The molecule has 0 aliphatic heterocycles. The largest absolute Gasteiger partial charge is 0.497 e. The second-order valence-electron chi connectivity index (χ2n) is 5.68. The Balaban J connectivity index is 1.68. The van der Waals surface area contributed by atoms with E-state index in [0.717, 1.165) is 0 Å². The van der Waals surface area contributed by atoms with E-state index >= 15 is 0 Å². The van der Waals surface area contributed by atoms with Crippen LogP contribution in [0.3, 0.4) is 0 Å². The molecule has 0 spiro atoms. The normalized spacial score (nSPS) is 10.7. The number of rotatable bonds is 7. The topological polar surface area (TPSA) is 130 Å². The van der Waals surface area contributed by atoms with Crippen molar-refractivity contribution < 1.29 is 23.6 Å². The highest BCUT2D eigenvalue weighted by Crippen LogP contribution is 2.29. The molecule has 0 atom stereocenters. The van der Waals surface area contributed by atoms with Gasteiger partial charge in [-0.1, -0.05) is 5.10 Å². The predicted octanol–water partition coefficient (Wildman–Crippen LogP) is 3.31. The first-order chi connectivity index (χ1) is 14.0. The average molecular weight is 396 g/mol. The van der Waals surface area contributed by atoms with Crippen molar-refractivity contribution >= 4 is 23.7 Å². The number of benzene rings is 2. The summed E-state index contributed by atoms with van der Waals surface area (Å²) < 4.78 is 15.9. The average Bonchev–Trinajstić information content (AvgIpc) is 3.20. The molecule has 0 saturated carbocycles. The number of non-ortho nitro benzene ring substituents is 1. The number of methoxy groups -OCH3 is 2. The molecule has 1 heterocycles. The lowest BCUT2D eigenvalue weighted by Gasteiger charge is -2.05. The van der Waals surface area contributed by atoms with E-state index < -0.39 is 10.8 Å². The summed E-state index contributed by atoms with van der Waals surface area (Å²) in [6, 6.07) is 10.8. The van der Waals surface area contributed by atoms with E-state index in [2.05, 4.69) is 15.5 Å². The summed E-state index contributed by atoms with van der Waals surface area (Å²) in [4.78, 5) is 22.2. The van der Waals surface area contributed by atoms with Gasteiger partial charge in [0.1, 0.15) is 11.5 Å². The zero-order valence-electron chi connectivity index (χ0n) is 15.5. The molecule has 3 rings (SSSR count). The first kappa shape index (κ1) is 19.5. The van der Waals surface area contributed by atoms with Gasteiger partial charge in [0.15, 0.2) is 0 Å². The lowest BCUT2D eigenvalue weighted by molar-refractivity contribution is -0.384. The number of hydrogen-bond donors (Lipinski definition) is 1. The number of aromatic nitrogens is 2. The number of carbonyl (C=O) groups is 1. The summed E-state index contributed by atoms with van der Waals surface area (Å²) in [5.41, 5.74) is 1.16. The van der Waals surface area contributed by atoms with Gasteiger partial charge in [0.05, 0.1) is 19.1 Å². The summed E-state index contributed by atoms with van der Waals surface area (Å²) >= 11 is 0. The highest BCUT2D eigenvalue weighted by Gasteiger charge is 2.13. The Labute approximate surface area is 164 Å². The number of hydrogen-bond acceptors (Lipinski definition) is 8. The Morgan fingerprint density at radius 3 is 2.34 bits per heavy atom. The van der Waals surface area contributed by atoms with E-state index in [4.69, 9.17) is 13.9 Å². The quantitative estimate of drug-likeness (QED) is 0.366. The lowest BCUT2D eigenvalue weighted by atomic mass is 10.2. The SMILES string of the molecule is COc1cc(OC)cc(-c2nnc(NC(=O)/C=C\c3ccc([N+](=O)[O-])cc3)o2)c1. The van der Waals surface area contributed by atoms with Gasteiger partial charge in [-0.05, 0) is 35.9 Å². The van der Waals surface area contributed by atoms with Crippen molar-refractivity contribution in [1.29, 1.82) is 0 Å². The van der Waals surface area contributed by atoms with Gasteiger partial charge in [0.2, 0.25) is 5.89 Å². The van der Waals surface area contributed by atoms with E-state index in [1.807, 2.05) is 0 Å². The van der Waals surface area contributed by atoms with Gasteiger partial charge in [0.25, 0.3) is 11.6 Å². The third kappa shape index (κ3) is 4.95. The van der Waals surface area contributed by atoms with E-state index in [0.29, 0.717) is 22.6 Å². The van der Waals surface area contributed by atoms with Crippen LogP contribution in [0, 0.1) is 10.1 Å². The van der Waals surface area contributed by atoms with Gasteiger partial charge in [-0.15, -0.1) is 5.10 Å². The van der Waals surface area contributed by atoms with Crippen molar-refractivity contribution in [3.63, 3.8) is 0 Å².